The lowest BCUT2D eigenvalue weighted by molar-refractivity contribution is -0.117. The number of anilines is 1. The lowest BCUT2D eigenvalue weighted by Gasteiger charge is -2.23. The topological polar surface area (TPSA) is 96.3 Å². The lowest BCUT2D eigenvalue weighted by Crippen LogP contribution is -2.30. The molecule has 1 aliphatic heterocycles. The van der Waals surface area contributed by atoms with Gasteiger partial charge in [-0.2, -0.15) is 0 Å². The van der Waals surface area contributed by atoms with Crippen molar-refractivity contribution in [2.24, 2.45) is 0 Å². The van der Waals surface area contributed by atoms with E-state index in [9.17, 15) is 14.7 Å². The maximum atomic E-state index is 13.4. The van der Waals surface area contributed by atoms with Crippen LogP contribution in [0, 0.1) is 0 Å². The van der Waals surface area contributed by atoms with Crippen LogP contribution in [0.1, 0.15) is 22.7 Å². The van der Waals surface area contributed by atoms with Crippen molar-refractivity contribution < 1.29 is 14.7 Å². The summed E-state index contributed by atoms with van der Waals surface area (Å²) in [4.78, 5) is 32.2. The molecule has 5 aromatic rings. The number of hydrogen-bond donors (Lipinski definition) is 1. The first-order valence-corrected chi connectivity index (χ1v) is 14.3. The fourth-order valence-corrected chi connectivity index (χ4v) is 6.52. The van der Waals surface area contributed by atoms with Gasteiger partial charge in [-0.1, -0.05) is 108 Å². The van der Waals surface area contributed by atoms with E-state index in [1.165, 1.54) is 50.4 Å². The van der Waals surface area contributed by atoms with Crippen molar-refractivity contribution in [3.63, 3.8) is 0 Å². The first-order chi connectivity index (χ1) is 19.6. The molecule has 0 saturated heterocycles. The summed E-state index contributed by atoms with van der Waals surface area (Å²) >= 11 is 2.76. The Morgan fingerprint density at radius 2 is 1.77 bits per heavy atom. The summed E-state index contributed by atoms with van der Waals surface area (Å²) in [5, 5.41) is 22.1. The summed E-state index contributed by atoms with van der Waals surface area (Å²) in [6.45, 7) is 0. The SMILES string of the molecule is O=C(C=Cc1ccccc1)C1=C(O)C(=O)N(c2nnc(SCc3cccc4ccccc34)s2)C1c1cccnc1. The number of thioether (sulfide) groups is 1. The molecular formula is C31H22N4O3S2. The van der Waals surface area contributed by atoms with Crippen molar-refractivity contribution in [1.82, 2.24) is 15.2 Å². The average molecular weight is 563 g/mol. The summed E-state index contributed by atoms with van der Waals surface area (Å²) in [7, 11) is 0. The molecule has 6 rings (SSSR count). The molecule has 40 heavy (non-hydrogen) atoms. The highest BCUT2D eigenvalue weighted by Crippen LogP contribution is 2.43. The van der Waals surface area contributed by atoms with Crippen LogP contribution in [0.25, 0.3) is 16.8 Å². The van der Waals surface area contributed by atoms with Crippen molar-refractivity contribution in [1.29, 1.82) is 0 Å². The predicted octanol–water partition coefficient (Wildman–Crippen LogP) is 6.56. The van der Waals surface area contributed by atoms with Crippen LogP contribution in [0.15, 0.2) is 119 Å². The molecule has 0 spiro atoms. The summed E-state index contributed by atoms with van der Waals surface area (Å²) < 4.78 is 0.670. The zero-order valence-corrected chi connectivity index (χ0v) is 22.7. The summed E-state index contributed by atoms with van der Waals surface area (Å²) in [6.07, 6.45) is 6.21. The van der Waals surface area contributed by atoms with E-state index >= 15 is 0 Å². The number of carbonyl (C=O) groups excluding carboxylic acids is 2. The van der Waals surface area contributed by atoms with Gasteiger partial charge in [0.2, 0.25) is 5.13 Å². The van der Waals surface area contributed by atoms with E-state index in [1.807, 2.05) is 48.5 Å². The number of hydrogen-bond acceptors (Lipinski definition) is 8. The van der Waals surface area contributed by atoms with Gasteiger partial charge in [0.1, 0.15) is 0 Å². The van der Waals surface area contributed by atoms with Crippen LogP contribution in [-0.4, -0.2) is 32.0 Å². The number of amides is 1. The highest BCUT2D eigenvalue weighted by atomic mass is 32.2. The Labute approximate surface area is 238 Å². The Morgan fingerprint density at radius 1 is 0.975 bits per heavy atom. The number of rotatable bonds is 8. The van der Waals surface area contributed by atoms with Gasteiger partial charge in [0.15, 0.2) is 15.9 Å². The highest BCUT2D eigenvalue weighted by molar-refractivity contribution is 8.00. The molecule has 3 heterocycles. The van der Waals surface area contributed by atoms with Crippen LogP contribution in [0.3, 0.4) is 0 Å². The van der Waals surface area contributed by atoms with Crippen LogP contribution in [-0.2, 0) is 15.3 Å². The van der Waals surface area contributed by atoms with E-state index in [1.54, 1.807) is 30.6 Å². The molecule has 3 aromatic carbocycles. The van der Waals surface area contributed by atoms with Crippen LogP contribution in [0.5, 0.6) is 0 Å². The van der Waals surface area contributed by atoms with Gasteiger partial charge >= 0.3 is 0 Å². The monoisotopic (exact) mass is 562 g/mol. The molecule has 1 N–H and O–H groups in total. The largest absolute Gasteiger partial charge is 0.503 e. The number of aliphatic hydroxyl groups excluding tert-OH is 1. The molecule has 1 unspecified atom stereocenters. The Bertz CT molecular complexity index is 1760. The van der Waals surface area contributed by atoms with E-state index in [2.05, 4.69) is 39.4 Å². The summed E-state index contributed by atoms with van der Waals surface area (Å²) in [5.74, 6) is -1.10. The van der Waals surface area contributed by atoms with Crippen LogP contribution >= 0.6 is 23.1 Å². The number of nitrogens with zero attached hydrogens (tertiary/aromatic N) is 4. The standard InChI is InChI=1S/C31H22N4O3S2/c36-25(16-15-20-8-2-1-3-9-20)26-27(22-13-7-17-32-18-22)35(29(38)28(26)37)30-33-34-31(40-30)39-19-23-12-6-11-21-10-4-5-14-24(21)23/h1-18,27,37H,19H2. The van der Waals surface area contributed by atoms with Crippen molar-refractivity contribution in [2.45, 2.75) is 16.1 Å². The van der Waals surface area contributed by atoms with Crippen molar-refractivity contribution >= 4 is 56.8 Å². The van der Waals surface area contributed by atoms with Gasteiger partial charge in [0, 0.05) is 18.1 Å². The number of fused-ring (bicyclic) bond motifs is 1. The average Bonchev–Trinajstić information content (AvgIpc) is 3.57. The second-order valence-electron chi connectivity index (χ2n) is 9.01. The van der Waals surface area contributed by atoms with Crippen LogP contribution in [0.4, 0.5) is 5.13 Å². The second-order valence-corrected chi connectivity index (χ2v) is 11.2. The molecule has 0 saturated carbocycles. The van der Waals surface area contributed by atoms with Gasteiger partial charge in [-0.05, 0) is 39.6 Å². The zero-order valence-electron chi connectivity index (χ0n) is 21.0. The first-order valence-electron chi connectivity index (χ1n) is 12.5. The number of pyridine rings is 1. The number of aromatic nitrogens is 3. The van der Waals surface area contributed by atoms with E-state index in [-0.39, 0.29) is 5.57 Å². The normalized spacial score (nSPS) is 15.4. The number of benzene rings is 3. The Morgan fingerprint density at radius 3 is 2.60 bits per heavy atom. The van der Waals surface area contributed by atoms with Crippen molar-refractivity contribution in [3.8, 4) is 0 Å². The molecule has 0 aliphatic carbocycles. The fourth-order valence-electron chi connectivity index (χ4n) is 4.65. The molecule has 0 bridgehead atoms. The van der Waals surface area contributed by atoms with Crippen molar-refractivity contribution in [3.05, 3.63) is 131 Å². The van der Waals surface area contributed by atoms with Crippen LogP contribution in [0.2, 0.25) is 0 Å². The molecule has 1 aliphatic rings. The smallest absolute Gasteiger partial charge is 0.296 e. The van der Waals surface area contributed by atoms with Gasteiger partial charge in [0.05, 0.1) is 11.6 Å². The van der Waals surface area contributed by atoms with Gasteiger partial charge in [-0.15, -0.1) is 10.2 Å². The van der Waals surface area contributed by atoms with E-state index in [4.69, 9.17) is 0 Å². The zero-order chi connectivity index (χ0) is 27.5. The maximum absolute atomic E-state index is 13.4. The molecule has 0 fully saturated rings. The van der Waals surface area contributed by atoms with E-state index < -0.39 is 23.5 Å². The molecule has 7 nitrogen and oxygen atoms in total. The number of carbonyl (C=O) groups is 2. The molecule has 2 aromatic heterocycles. The quantitative estimate of drug-likeness (QED) is 0.130. The molecule has 0 radical (unpaired) electrons. The van der Waals surface area contributed by atoms with Gasteiger partial charge in [0.25, 0.3) is 5.91 Å². The minimum Gasteiger partial charge on any atom is -0.503 e. The highest BCUT2D eigenvalue weighted by Gasteiger charge is 2.45. The van der Waals surface area contributed by atoms with Gasteiger partial charge in [-0.25, -0.2) is 0 Å². The first kappa shape index (κ1) is 25.7. The number of aliphatic hydroxyl groups is 1. The molecule has 1 atom stereocenters. The lowest BCUT2D eigenvalue weighted by atomic mass is 9.97. The minimum atomic E-state index is -0.891. The third-order valence-electron chi connectivity index (χ3n) is 6.53. The third kappa shape index (κ3) is 5.04. The minimum absolute atomic E-state index is 0.0228. The summed E-state index contributed by atoms with van der Waals surface area (Å²) in [6, 6.07) is 26.3. The Kier molecular flexibility index (Phi) is 7.22. The van der Waals surface area contributed by atoms with Crippen molar-refractivity contribution in [2.75, 3.05) is 4.90 Å². The van der Waals surface area contributed by atoms with Crippen LogP contribution < -0.4 is 4.90 Å². The van der Waals surface area contributed by atoms with Gasteiger partial charge in [-0.3, -0.25) is 19.5 Å². The molecular weight excluding hydrogens is 541 g/mol. The fraction of sp³-hybridized carbons (Fsp3) is 0.0645. The molecule has 9 heteroatoms. The molecule has 1 amide bonds. The third-order valence-corrected chi connectivity index (χ3v) is 8.64. The Hall–Kier alpha value is -4.60. The molecule has 196 valence electrons. The van der Waals surface area contributed by atoms with Gasteiger partial charge < -0.3 is 5.11 Å². The maximum Gasteiger partial charge on any atom is 0.296 e. The number of allylic oxidation sites excluding steroid dienone is 1. The Balaban J connectivity index is 1.29. The second kappa shape index (κ2) is 11.3. The predicted molar refractivity (Wildman–Crippen MR) is 158 cm³/mol. The summed E-state index contributed by atoms with van der Waals surface area (Å²) in [5.41, 5.74) is 2.55. The number of ketones is 1. The van der Waals surface area contributed by atoms with E-state index in [0.717, 1.165) is 5.56 Å². The van der Waals surface area contributed by atoms with E-state index in [0.29, 0.717) is 20.8 Å².